The Morgan fingerprint density at radius 3 is 2.83 bits per heavy atom. The third-order valence-electron chi connectivity index (χ3n) is 5.05. The maximum absolute atomic E-state index is 12.6. The van der Waals surface area contributed by atoms with Gasteiger partial charge in [0.05, 0.1) is 6.42 Å². The minimum absolute atomic E-state index is 0.0471. The highest BCUT2D eigenvalue weighted by atomic mass is 16.5. The molecule has 0 saturated heterocycles. The van der Waals surface area contributed by atoms with Crippen LogP contribution in [0.15, 0.2) is 47.1 Å². The Bertz CT molecular complexity index is 1220. The predicted octanol–water partition coefficient (Wildman–Crippen LogP) is 3.28. The molecule has 7 nitrogen and oxygen atoms in total. The van der Waals surface area contributed by atoms with Crippen LogP contribution in [0.5, 0.6) is 0 Å². The molecule has 2 heterocycles. The number of aliphatic carboxylic acids is 1. The third-order valence-corrected chi connectivity index (χ3v) is 5.05. The van der Waals surface area contributed by atoms with Crippen molar-refractivity contribution in [3.63, 3.8) is 0 Å². The van der Waals surface area contributed by atoms with Crippen LogP contribution in [-0.4, -0.2) is 33.2 Å². The predicted molar refractivity (Wildman–Crippen MR) is 109 cm³/mol. The lowest BCUT2D eigenvalue weighted by atomic mass is 10.0. The summed E-state index contributed by atoms with van der Waals surface area (Å²) in [6.07, 6.45) is 1.92. The average Bonchev–Trinajstić information content (AvgIpc) is 3.25. The summed E-state index contributed by atoms with van der Waals surface area (Å²) in [7, 11) is 0. The summed E-state index contributed by atoms with van der Waals surface area (Å²) < 4.78 is 5.35. The quantitative estimate of drug-likeness (QED) is 0.467. The third kappa shape index (κ3) is 3.71. The molecule has 3 N–H and O–H groups in total. The fraction of sp³-hybridized carbons (Fsp3) is 0.227. The normalized spacial score (nSPS) is 12.3. The van der Waals surface area contributed by atoms with Gasteiger partial charge in [-0.25, -0.2) is 4.79 Å². The fourth-order valence-electron chi connectivity index (χ4n) is 3.76. The molecule has 2 aromatic carbocycles. The zero-order valence-electron chi connectivity index (χ0n) is 16.2. The Balaban J connectivity index is 1.52. The molecular formula is C22H21N3O4. The number of nitrogens with zero attached hydrogens (tertiary/aromatic N) is 1. The number of aromatic amines is 1. The number of carboxylic acids is 1. The van der Waals surface area contributed by atoms with Crippen molar-refractivity contribution in [2.75, 3.05) is 0 Å². The number of carboxylic acid groups (broad SMARTS) is 1. The summed E-state index contributed by atoms with van der Waals surface area (Å²) in [5.41, 5.74) is 4.92. The van der Waals surface area contributed by atoms with Gasteiger partial charge in [-0.15, -0.1) is 0 Å². The SMILES string of the molecule is Cc1cc(C)c2c(CC(=O)NC(Cc3c[nH]c4ccccc34)C(=O)O)noc2c1. The van der Waals surface area contributed by atoms with E-state index in [1.807, 2.05) is 50.2 Å². The van der Waals surface area contributed by atoms with Crippen LogP contribution in [0.2, 0.25) is 0 Å². The minimum atomic E-state index is -1.08. The van der Waals surface area contributed by atoms with Crippen LogP contribution in [0.3, 0.4) is 0 Å². The second-order valence-corrected chi connectivity index (χ2v) is 7.28. The van der Waals surface area contributed by atoms with Crippen molar-refractivity contribution in [3.05, 3.63) is 65.0 Å². The molecule has 0 spiro atoms. The van der Waals surface area contributed by atoms with E-state index in [4.69, 9.17) is 4.52 Å². The van der Waals surface area contributed by atoms with Crippen LogP contribution in [-0.2, 0) is 22.4 Å². The van der Waals surface area contributed by atoms with Gasteiger partial charge in [0, 0.05) is 28.9 Å². The number of para-hydroxylation sites is 1. The summed E-state index contributed by atoms with van der Waals surface area (Å²) in [5, 5.41) is 18.0. The first kappa shape index (κ1) is 18.7. The van der Waals surface area contributed by atoms with E-state index in [0.29, 0.717) is 11.3 Å². The van der Waals surface area contributed by atoms with Crippen molar-refractivity contribution in [2.24, 2.45) is 0 Å². The number of fused-ring (bicyclic) bond motifs is 2. The lowest BCUT2D eigenvalue weighted by molar-refractivity contribution is -0.141. The van der Waals surface area contributed by atoms with E-state index in [0.717, 1.165) is 33.0 Å². The number of hydrogen-bond acceptors (Lipinski definition) is 4. The number of aromatic nitrogens is 2. The van der Waals surface area contributed by atoms with Crippen LogP contribution in [0.4, 0.5) is 0 Å². The standard InChI is InChI=1S/C22H21N3O4/c1-12-7-13(2)21-17(25-29-19(21)8-12)10-20(26)24-18(22(27)28)9-14-11-23-16-6-4-3-5-15(14)16/h3-8,11,18,23H,9-10H2,1-2H3,(H,24,26)(H,27,28). The molecule has 0 aliphatic rings. The van der Waals surface area contributed by atoms with E-state index < -0.39 is 17.9 Å². The molecule has 0 bridgehead atoms. The van der Waals surface area contributed by atoms with Gasteiger partial charge in [-0.1, -0.05) is 29.4 Å². The van der Waals surface area contributed by atoms with Crippen LogP contribution >= 0.6 is 0 Å². The lowest BCUT2D eigenvalue weighted by Crippen LogP contribution is -2.43. The van der Waals surface area contributed by atoms with Gasteiger partial charge in [-0.3, -0.25) is 4.79 Å². The van der Waals surface area contributed by atoms with Gasteiger partial charge >= 0.3 is 5.97 Å². The first-order valence-corrected chi connectivity index (χ1v) is 9.35. The zero-order chi connectivity index (χ0) is 20.5. The monoisotopic (exact) mass is 391 g/mol. The highest BCUT2D eigenvalue weighted by Gasteiger charge is 2.23. The maximum Gasteiger partial charge on any atom is 0.326 e. The Morgan fingerprint density at radius 2 is 2.03 bits per heavy atom. The van der Waals surface area contributed by atoms with E-state index in [2.05, 4.69) is 15.5 Å². The fourth-order valence-corrected chi connectivity index (χ4v) is 3.76. The number of amides is 1. The van der Waals surface area contributed by atoms with Crippen LogP contribution in [0, 0.1) is 13.8 Å². The second kappa shape index (κ2) is 7.43. The molecule has 0 fully saturated rings. The molecular weight excluding hydrogens is 370 g/mol. The number of benzene rings is 2. The largest absolute Gasteiger partial charge is 0.480 e. The highest BCUT2D eigenvalue weighted by Crippen LogP contribution is 2.24. The van der Waals surface area contributed by atoms with Crippen molar-refractivity contribution in [1.82, 2.24) is 15.5 Å². The molecule has 0 aliphatic carbocycles. The van der Waals surface area contributed by atoms with E-state index >= 15 is 0 Å². The van der Waals surface area contributed by atoms with E-state index in [1.54, 1.807) is 6.20 Å². The number of aryl methyl sites for hydroxylation is 2. The van der Waals surface area contributed by atoms with Crippen molar-refractivity contribution >= 4 is 33.7 Å². The topological polar surface area (TPSA) is 108 Å². The maximum atomic E-state index is 12.6. The number of H-pyrrole nitrogens is 1. The van der Waals surface area contributed by atoms with E-state index in [-0.39, 0.29) is 12.8 Å². The van der Waals surface area contributed by atoms with E-state index in [9.17, 15) is 14.7 Å². The number of carbonyl (C=O) groups excluding carboxylic acids is 1. The summed E-state index contributed by atoms with van der Waals surface area (Å²) in [6.45, 7) is 3.90. The molecule has 29 heavy (non-hydrogen) atoms. The highest BCUT2D eigenvalue weighted by molar-refractivity contribution is 5.91. The van der Waals surface area contributed by atoms with Gasteiger partial charge in [-0.2, -0.15) is 0 Å². The molecule has 1 atom stereocenters. The van der Waals surface area contributed by atoms with Gasteiger partial charge in [0.15, 0.2) is 5.58 Å². The smallest absolute Gasteiger partial charge is 0.326 e. The van der Waals surface area contributed by atoms with Crippen LogP contribution < -0.4 is 5.32 Å². The molecule has 4 aromatic rings. The summed E-state index contributed by atoms with van der Waals surface area (Å²) >= 11 is 0. The molecule has 0 radical (unpaired) electrons. The van der Waals surface area contributed by atoms with Crippen LogP contribution in [0.1, 0.15) is 22.4 Å². The first-order valence-electron chi connectivity index (χ1n) is 9.35. The number of rotatable bonds is 6. The Kier molecular flexibility index (Phi) is 4.80. The Labute approximate surface area is 166 Å². The lowest BCUT2D eigenvalue weighted by Gasteiger charge is -2.14. The van der Waals surface area contributed by atoms with E-state index in [1.165, 1.54) is 0 Å². The molecule has 7 heteroatoms. The number of carbonyl (C=O) groups is 2. The summed E-state index contributed by atoms with van der Waals surface area (Å²) in [5.74, 6) is -1.49. The van der Waals surface area contributed by atoms with Crippen molar-refractivity contribution in [2.45, 2.75) is 32.7 Å². The molecule has 1 unspecified atom stereocenters. The van der Waals surface area contributed by atoms with Crippen molar-refractivity contribution in [3.8, 4) is 0 Å². The van der Waals surface area contributed by atoms with Gasteiger partial charge in [0.2, 0.25) is 5.91 Å². The summed E-state index contributed by atoms with van der Waals surface area (Å²) in [4.78, 5) is 27.4. The van der Waals surface area contributed by atoms with Crippen LogP contribution in [0.25, 0.3) is 21.9 Å². The summed E-state index contributed by atoms with van der Waals surface area (Å²) in [6, 6.07) is 10.5. The van der Waals surface area contributed by atoms with Gasteiger partial charge < -0.3 is 19.9 Å². The Morgan fingerprint density at radius 1 is 1.24 bits per heavy atom. The molecule has 1 amide bonds. The number of nitrogens with one attached hydrogen (secondary N) is 2. The molecule has 0 saturated carbocycles. The van der Waals surface area contributed by atoms with Crippen molar-refractivity contribution in [1.29, 1.82) is 0 Å². The average molecular weight is 391 g/mol. The van der Waals surface area contributed by atoms with Gasteiger partial charge in [-0.05, 0) is 42.7 Å². The zero-order valence-corrected chi connectivity index (χ0v) is 16.2. The van der Waals surface area contributed by atoms with Gasteiger partial charge in [0.25, 0.3) is 0 Å². The second-order valence-electron chi connectivity index (χ2n) is 7.28. The molecule has 0 aliphatic heterocycles. The van der Waals surface area contributed by atoms with Gasteiger partial charge in [0.1, 0.15) is 11.7 Å². The van der Waals surface area contributed by atoms with Crippen molar-refractivity contribution < 1.29 is 19.2 Å². The molecule has 148 valence electrons. The first-order chi connectivity index (χ1) is 13.9. The molecule has 2 aromatic heterocycles. The Hall–Kier alpha value is -3.61. The molecule has 4 rings (SSSR count). The number of hydrogen-bond donors (Lipinski definition) is 3. The minimum Gasteiger partial charge on any atom is -0.480 e.